The van der Waals surface area contributed by atoms with Gasteiger partial charge in [-0.05, 0) is 39.9 Å². The third-order valence-electron chi connectivity index (χ3n) is 3.60. The van der Waals surface area contributed by atoms with Gasteiger partial charge < -0.3 is 15.5 Å². The molecule has 5 heteroatoms. The van der Waals surface area contributed by atoms with Gasteiger partial charge in [0.25, 0.3) is 0 Å². The van der Waals surface area contributed by atoms with Crippen LogP contribution in [0.3, 0.4) is 0 Å². The molecule has 0 saturated heterocycles. The molecule has 0 heterocycles. The fourth-order valence-electron chi connectivity index (χ4n) is 2.14. The van der Waals surface area contributed by atoms with Crippen LogP contribution in [0.2, 0.25) is 0 Å². The van der Waals surface area contributed by atoms with Crippen molar-refractivity contribution in [2.75, 3.05) is 33.7 Å². The molecule has 0 aliphatic rings. The number of halogens is 1. The van der Waals surface area contributed by atoms with Crippen molar-refractivity contribution in [3.05, 3.63) is 35.9 Å². The summed E-state index contributed by atoms with van der Waals surface area (Å²) in [6.07, 6.45) is 0.989. The molecular formula is C16H29IN4. The Labute approximate surface area is 146 Å². The maximum atomic E-state index is 6.04. The van der Waals surface area contributed by atoms with E-state index >= 15 is 0 Å². The molecule has 1 unspecified atom stereocenters. The lowest BCUT2D eigenvalue weighted by atomic mass is 10.1. The van der Waals surface area contributed by atoms with Crippen LogP contribution in [0.4, 0.5) is 0 Å². The molecule has 2 N–H and O–H groups in total. The second-order valence-electron chi connectivity index (χ2n) is 5.18. The average Bonchev–Trinajstić information content (AvgIpc) is 2.45. The Bertz CT molecular complexity index is 402. The fourth-order valence-corrected chi connectivity index (χ4v) is 2.14. The summed E-state index contributed by atoms with van der Waals surface area (Å²) in [4.78, 5) is 8.86. The summed E-state index contributed by atoms with van der Waals surface area (Å²) in [5.41, 5.74) is 7.37. The first-order chi connectivity index (χ1) is 9.58. The maximum Gasteiger partial charge on any atom is 0.191 e. The minimum atomic E-state index is 0. The van der Waals surface area contributed by atoms with Crippen LogP contribution in [0.1, 0.15) is 19.4 Å². The minimum Gasteiger partial charge on any atom is -0.370 e. The highest BCUT2D eigenvalue weighted by Gasteiger charge is 2.12. The zero-order valence-corrected chi connectivity index (χ0v) is 16.0. The van der Waals surface area contributed by atoms with Gasteiger partial charge in [-0.15, -0.1) is 24.0 Å². The predicted octanol–water partition coefficient (Wildman–Crippen LogP) is 2.43. The van der Waals surface area contributed by atoms with Gasteiger partial charge in [0.05, 0.1) is 6.54 Å². The Balaban J connectivity index is 0.00000400. The van der Waals surface area contributed by atoms with Crippen molar-refractivity contribution >= 4 is 29.9 Å². The van der Waals surface area contributed by atoms with Crippen molar-refractivity contribution in [3.63, 3.8) is 0 Å². The molecular weight excluding hydrogens is 375 g/mol. The van der Waals surface area contributed by atoms with E-state index < -0.39 is 0 Å². The van der Waals surface area contributed by atoms with Gasteiger partial charge >= 0.3 is 0 Å². The SMILES string of the molecule is CCN(CC)C(N)=NCC(Cc1ccccc1)N(C)C.I. The summed E-state index contributed by atoms with van der Waals surface area (Å²) in [6, 6.07) is 10.9. The van der Waals surface area contributed by atoms with E-state index in [1.807, 2.05) is 6.07 Å². The normalized spacial score (nSPS) is 12.9. The van der Waals surface area contributed by atoms with Gasteiger partial charge in [-0.25, -0.2) is 0 Å². The summed E-state index contributed by atoms with van der Waals surface area (Å²) in [6.45, 7) is 6.72. The van der Waals surface area contributed by atoms with Gasteiger partial charge in [0.2, 0.25) is 0 Å². The Kier molecular flexibility index (Phi) is 10.4. The van der Waals surface area contributed by atoms with E-state index in [2.05, 4.69) is 67.0 Å². The maximum absolute atomic E-state index is 6.04. The number of likely N-dealkylation sites (N-methyl/N-ethyl adjacent to an activating group) is 1. The summed E-state index contributed by atoms with van der Waals surface area (Å²) in [5.74, 6) is 0.648. The van der Waals surface area contributed by atoms with Gasteiger partial charge in [0.1, 0.15) is 0 Å². The van der Waals surface area contributed by atoms with E-state index in [1.54, 1.807) is 0 Å². The third kappa shape index (κ3) is 7.13. The number of hydrogen-bond acceptors (Lipinski definition) is 2. The van der Waals surface area contributed by atoms with Crippen LogP contribution in [0.15, 0.2) is 35.3 Å². The fraction of sp³-hybridized carbons (Fsp3) is 0.562. The largest absolute Gasteiger partial charge is 0.370 e. The summed E-state index contributed by atoms with van der Waals surface area (Å²) in [7, 11) is 4.19. The Morgan fingerprint density at radius 3 is 2.19 bits per heavy atom. The number of aliphatic imine (C=N–C) groups is 1. The van der Waals surface area contributed by atoms with E-state index in [4.69, 9.17) is 5.73 Å². The first kappa shape index (κ1) is 20.2. The molecule has 0 saturated carbocycles. The van der Waals surface area contributed by atoms with Gasteiger partial charge in [0.15, 0.2) is 5.96 Å². The quantitative estimate of drug-likeness (QED) is 0.432. The van der Waals surface area contributed by atoms with E-state index in [9.17, 15) is 0 Å². The molecule has 0 radical (unpaired) electrons. The number of nitrogens with zero attached hydrogens (tertiary/aromatic N) is 3. The second-order valence-corrected chi connectivity index (χ2v) is 5.18. The molecule has 0 aromatic heterocycles. The molecule has 0 amide bonds. The lowest BCUT2D eigenvalue weighted by Gasteiger charge is -2.24. The number of nitrogens with two attached hydrogens (primary N) is 1. The van der Waals surface area contributed by atoms with E-state index in [0.717, 1.165) is 26.1 Å². The molecule has 1 rings (SSSR count). The zero-order valence-electron chi connectivity index (χ0n) is 13.6. The Morgan fingerprint density at radius 2 is 1.71 bits per heavy atom. The number of benzene rings is 1. The molecule has 0 bridgehead atoms. The standard InChI is InChI=1S/C16H28N4.HI/c1-5-20(6-2)16(17)18-13-15(19(3)4)12-14-10-8-7-9-11-14;/h7-11,15H,5-6,12-13H2,1-4H3,(H2,17,18);1H. The van der Waals surface area contributed by atoms with Gasteiger partial charge in [0, 0.05) is 19.1 Å². The van der Waals surface area contributed by atoms with Crippen molar-refractivity contribution in [2.24, 2.45) is 10.7 Å². The summed E-state index contributed by atoms with van der Waals surface area (Å²) < 4.78 is 0. The van der Waals surface area contributed by atoms with Crippen LogP contribution in [-0.4, -0.2) is 55.5 Å². The number of rotatable bonds is 7. The van der Waals surface area contributed by atoms with Crippen molar-refractivity contribution in [2.45, 2.75) is 26.3 Å². The molecule has 120 valence electrons. The highest BCUT2D eigenvalue weighted by Crippen LogP contribution is 2.07. The second kappa shape index (κ2) is 10.8. The average molecular weight is 404 g/mol. The van der Waals surface area contributed by atoms with Crippen molar-refractivity contribution < 1.29 is 0 Å². The first-order valence-electron chi connectivity index (χ1n) is 7.33. The van der Waals surface area contributed by atoms with Crippen LogP contribution in [0.25, 0.3) is 0 Å². The van der Waals surface area contributed by atoms with E-state index in [-0.39, 0.29) is 24.0 Å². The van der Waals surface area contributed by atoms with E-state index in [1.165, 1.54) is 5.56 Å². The minimum absolute atomic E-state index is 0. The van der Waals surface area contributed by atoms with Crippen LogP contribution < -0.4 is 5.73 Å². The number of guanidine groups is 1. The molecule has 1 atom stereocenters. The number of hydrogen-bond donors (Lipinski definition) is 1. The molecule has 0 aliphatic carbocycles. The molecule has 0 aliphatic heterocycles. The van der Waals surface area contributed by atoms with Gasteiger partial charge in [-0.1, -0.05) is 30.3 Å². The topological polar surface area (TPSA) is 44.9 Å². The van der Waals surface area contributed by atoms with Crippen LogP contribution in [0.5, 0.6) is 0 Å². The van der Waals surface area contributed by atoms with Crippen molar-refractivity contribution in [1.29, 1.82) is 0 Å². The highest BCUT2D eigenvalue weighted by molar-refractivity contribution is 14.0. The van der Waals surface area contributed by atoms with Crippen LogP contribution >= 0.6 is 24.0 Å². The smallest absolute Gasteiger partial charge is 0.191 e. The zero-order chi connectivity index (χ0) is 15.0. The third-order valence-corrected chi connectivity index (χ3v) is 3.60. The van der Waals surface area contributed by atoms with Crippen LogP contribution in [0, 0.1) is 0 Å². The lowest BCUT2D eigenvalue weighted by molar-refractivity contribution is 0.297. The first-order valence-corrected chi connectivity index (χ1v) is 7.33. The molecule has 1 aromatic carbocycles. The molecule has 1 aromatic rings. The molecule has 0 fully saturated rings. The molecule has 21 heavy (non-hydrogen) atoms. The molecule has 4 nitrogen and oxygen atoms in total. The summed E-state index contributed by atoms with van der Waals surface area (Å²) >= 11 is 0. The Hall–Kier alpha value is -0.820. The van der Waals surface area contributed by atoms with E-state index in [0.29, 0.717) is 12.0 Å². The summed E-state index contributed by atoms with van der Waals surface area (Å²) in [5, 5.41) is 0. The lowest BCUT2D eigenvalue weighted by Crippen LogP contribution is -2.39. The van der Waals surface area contributed by atoms with Crippen molar-refractivity contribution in [1.82, 2.24) is 9.80 Å². The van der Waals surface area contributed by atoms with Crippen LogP contribution in [-0.2, 0) is 6.42 Å². The Morgan fingerprint density at radius 1 is 1.14 bits per heavy atom. The van der Waals surface area contributed by atoms with Gasteiger partial charge in [-0.3, -0.25) is 4.99 Å². The molecule has 0 spiro atoms. The highest BCUT2D eigenvalue weighted by atomic mass is 127. The van der Waals surface area contributed by atoms with Gasteiger partial charge in [-0.2, -0.15) is 0 Å². The van der Waals surface area contributed by atoms with Crippen molar-refractivity contribution in [3.8, 4) is 0 Å². The monoisotopic (exact) mass is 404 g/mol. The predicted molar refractivity (Wildman–Crippen MR) is 102 cm³/mol.